The highest BCUT2D eigenvalue weighted by molar-refractivity contribution is 5.98. The van der Waals surface area contributed by atoms with Crippen molar-refractivity contribution in [2.45, 2.75) is 6.42 Å². The lowest BCUT2D eigenvalue weighted by atomic mass is 10.2. The van der Waals surface area contributed by atoms with Crippen molar-refractivity contribution in [2.75, 3.05) is 5.32 Å². The predicted molar refractivity (Wildman–Crippen MR) is 65.6 cm³/mol. The minimum atomic E-state index is -1.24. The highest BCUT2D eigenvalue weighted by atomic mass is 16.4. The molecule has 0 saturated carbocycles. The summed E-state index contributed by atoms with van der Waals surface area (Å²) in [6.45, 7) is 0. The number of pyridine rings is 1. The third-order valence-corrected chi connectivity index (χ3v) is 2.27. The van der Waals surface area contributed by atoms with Gasteiger partial charge >= 0.3 is 5.97 Å². The van der Waals surface area contributed by atoms with E-state index in [-0.39, 0.29) is 23.8 Å². The minimum Gasteiger partial charge on any atom is -0.476 e. The lowest BCUT2D eigenvalue weighted by Crippen LogP contribution is -2.18. The Hall–Kier alpha value is -2.83. The molecule has 2 aromatic rings. The summed E-state index contributed by atoms with van der Waals surface area (Å²) < 4.78 is 0. The average Bonchev–Trinajstić information content (AvgIpc) is 2.40. The van der Waals surface area contributed by atoms with Gasteiger partial charge in [0.1, 0.15) is 0 Å². The molecular formula is C12H10N4O3. The maximum Gasteiger partial charge on any atom is 0.358 e. The maximum atomic E-state index is 11.8. The highest BCUT2D eigenvalue weighted by Crippen LogP contribution is 2.09. The quantitative estimate of drug-likeness (QED) is 0.838. The van der Waals surface area contributed by atoms with Crippen molar-refractivity contribution in [2.24, 2.45) is 0 Å². The van der Waals surface area contributed by atoms with E-state index in [4.69, 9.17) is 5.11 Å². The number of aromatic nitrogens is 3. The molecule has 7 heteroatoms. The monoisotopic (exact) mass is 258 g/mol. The third kappa shape index (κ3) is 3.32. The van der Waals surface area contributed by atoms with Gasteiger partial charge in [0.15, 0.2) is 11.5 Å². The summed E-state index contributed by atoms with van der Waals surface area (Å²) in [5, 5.41) is 11.3. The van der Waals surface area contributed by atoms with Crippen LogP contribution in [0.1, 0.15) is 16.1 Å². The number of carboxylic acid groups (broad SMARTS) is 1. The van der Waals surface area contributed by atoms with E-state index in [2.05, 4.69) is 20.3 Å². The standard InChI is InChI=1S/C12H10N4O3/c17-9(7-8-1-3-13-4-2-8)16-11-10(12(18)19)14-5-6-15-11/h1-6H,7H2,(H,18,19)(H,15,16,17). The second kappa shape index (κ2) is 5.67. The first-order chi connectivity index (χ1) is 9.16. The zero-order valence-electron chi connectivity index (χ0n) is 9.78. The van der Waals surface area contributed by atoms with Gasteiger partial charge in [0.05, 0.1) is 6.42 Å². The first-order valence-electron chi connectivity index (χ1n) is 5.40. The van der Waals surface area contributed by atoms with Gasteiger partial charge in [-0.15, -0.1) is 0 Å². The fourth-order valence-corrected chi connectivity index (χ4v) is 1.45. The van der Waals surface area contributed by atoms with E-state index in [1.807, 2.05) is 0 Å². The van der Waals surface area contributed by atoms with Gasteiger partial charge in [-0.2, -0.15) is 0 Å². The van der Waals surface area contributed by atoms with E-state index >= 15 is 0 Å². The van der Waals surface area contributed by atoms with Crippen molar-refractivity contribution in [3.05, 3.63) is 48.2 Å². The summed E-state index contributed by atoms with van der Waals surface area (Å²) in [7, 11) is 0. The van der Waals surface area contributed by atoms with Crippen LogP contribution in [0.25, 0.3) is 0 Å². The average molecular weight is 258 g/mol. The topological polar surface area (TPSA) is 105 Å². The third-order valence-electron chi connectivity index (χ3n) is 2.27. The van der Waals surface area contributed by atoms with Gasteiger partial charge in [-0.25, -0.2) is 14.8 Å². The van der Waals surface area contributed by atoms with E-state index in [0.29, 0.717) is 0 Å². The van der Waals surface area contributed by atoms with Gasteiger partial charge < -0.3 is 10.4 Å². The molecular weight excluding hydrogens is 248 g/mol. The molecule has 0 atom stereocenters. The van der Waals surface area contributed by atoms with Crippen LogP contribution in [0.5, 0.6) is 0 Å². The summed E-state index contributed by atoms with van der Waals surface area (Å²) in [5.74, 6) is -1.67. The molecule has 0 spiro atoms. The largest absolute Gasteiger partial charge is 0.476 e. The van der Waals surface area contributed by atoms with Gasteiger partial charge in [-0.05, 0) is 17.7 Å². The summed E-state index contributed by atoms with van der Waals surface area (Å²) in [6.07, 6.45) is 5.83. The number of nitrogens with one attached hydrogen (secondary N) is 1. The number of carbonyl (C=O) groups excluding carboxylic acids is 1. The Morgan fingerprint density at radius 1 is 1.11 bits per heavy atom. The Bertz CT molecular complexity index is 601. The fraction of sp³-hybridized carbons (Fsp3) is 0.0833. The summed E-state index contributed by atoms with van der Waals surface area (Å²) in [5.41, 5.74) is 0.485. The number of nitrogens with zero attached hydrogens (tertiary/aromatic N) is 3. The molecule has 2 heterocycles. The molecule has 2 N–H and O–H groups in total. The van der Waals surface area contributed by atoms with Crippen LogP contribution in [-0.2, 0) is 11.2 Å². The van der Waals surface area contributed by atoms with Gasteiger partial charge in [0.2, 0.25) is 5.91 Å². The molecule has 0 aliphatic heterocycles. The van der Waals surface area contributed by atoms with Crippen molar-refractivity contribution in [1.82, 2.24) is 15.0 Å². The molecule has 0 aliphatic carbocycles. The van der Waals surface area contributed by atoms with Crippen molar-refractivity contribution in [3.8, 4) is 0 Å². The zero-order valence-corrected chi connectivity index (χ0v) is 9.78. The van der Waals surface area contributed by atoms with E-state index in [0.717, 1.165) is 5.56 Å². The van der Waals surface area contributed by atoms with Crippen LogP contribution in [-0.4, -0.2) is 31.9 Å². The predicted octanol–water partition coefficient (Wildman–Crippen LogP) is 0.751. The van der Waals surface area contributed by atoms with Crippen molar-refractivity contribution < 1.29 is 14.7 Å². The second-order valence-corrected chi connectivity index (χ2v) is 3.64. The summed E-state index contributed by atoms with van der Waals surface area (Å²) in [4.78, 5) is 34.0. The molecule has 0 radical (unpaired) electrons. The highest BCUT2D eigenvalue weighted by Gasteiger charge is 2.14. The number of anilines is 1. The molecule has 2 aromatic heterocycles. The minimum absolute atomic E-state index is 0.0611. The molecule has 0 saturated heterocycles. The van der Waals surface area contributed by atoms with Crippen LogP contribution >= 0.6 is 0 Å². The van der Waals surface area contributed by atoms with Gasteiger partial charge in [0, 0.05) is 24.8 Å². The Morgan fingerprint density at radius 3 is 2.47 bits per heavy atom. The van der Waals surface area contributed by atoms with Gasteiger partial charge in [-0.1, -0.05) is 0 Å². The molecule has 0 aromatic carbocycles. The lowest BCUT2D eigenvalue weighted by Gasteiger charge is -2.06. The molecule has 0 unspecified atom stereocenters. The summed E-state index contributed by atoms with van der Waals surface area (Å²) in [6, 6.07) is 3.41. The van der Waals surface area contributed by atoms with Gasteiger partial charge in [-0.3, -0.25) is 9.78 Å². The Balaban J connectivity index is 2.09. The number of hydrogen-bond acceptors (Lipinski definition) is 5. The van der Waals surface area contributed by atoms with Crippen LogP contribution in [0.15, 0.2) is 36.9 Å². The molecule has 0 bridgehead atoms. The van der Waals surface area contributed by atoms with Crippen LogP contribution in [0.4, 0.5) is 5.82 Å². The second-order valence-electron chi connectivity index (χ2n) is 3.64. The first kappa shape index (κ1) is 12.6. The van der Waals surface area contributed by atoms with Gasteiger partial charge in [0.25, 0.3) is 0 Å². The Morgan fingerprint density at radius 2 is 1.79 bits per heavy atom. The molecule has 7 nitrogen and oxygen atoms in total. The Labute approximate surface area is 108 Å². The van der Waals surface area contributed by atoms with E-state index in [1.165, 1.54) is 12.4 Å². The van der Waals surface area contributed by atoms with Crippen LogP contribution in [0.2, 0.25) is 0 Å². The number of rotatable bonds is 4. The number of carbonyl (C=O) groups is 2. The van der Waals surface area contributed by atoms with Crippen molar-refractivity contribution in [1.29, 1.82) is 0 Å². The number of hydrogen-bond donors (Lipinski definition) is 2. The van der Waals surface area contributed by atoms with E-state index < -0.39 is 5.97 Å². The molecule has 96 valence electrons. The normalized spacial score (nSPS) is 9.89. The molecule has 2 rings (SSSR count). The number of amides is 1. The van der Waals surface area contributed by atoms with E-state index in [9.17, 15) is 9.59 Å². The molecule has 1 amide bonds. The SMILES string of the molecule is O=C(Cc1ccncc1)Nc1nccnc1C(=O)O. The Kier molecular flexibility index (Phi) is 3.77. The smallest absolute Gasteiger partial charge is 0.358 e. The molecule has 19 heavy (non-hydrogen) atoms. The molecule has 0 fully saturated rings. The zero-order chi connectivity index (χ0) is 13.7. The maximum absolute atomic E-state index is 11.8. The first-order valence-corrected chi connectivity index (χ1v) is 5.40. The number of carboxylic acids is 1. The van der Waals surface area contributed by atoms with E-state index in [1.54, 1.807) is 24.5 Å². The van der Waals surface area contributed by atoms with Crippen LogP contribution in [0, 0.1) is 0 Å². The van der Waals surface area contributed by atoms with Crippen LogP contribution < -0.4 is 5.32 Å². The van der Waals surface area contributed by atoms with Crippen molar-refractivity contribution in [3.63, 3.8) is 0 Å². The lowest BCUT2D eigenvalue weighted by molar-refractivity contribution is -0.115. The van der Waals surface area contributed by atoms with Crippen molar-refractivity contribution >= 4 is 17.7 Å². The number of aromatic carboxylic acids is 1. The van der Waals surface area contributed by atoms with Crippen LogP contribution in [0.3, 0.4) is 0 Å². The summed E-state index contributed by atoms with van der Waals surface area (Å²) >= 11 is 0. The fourth-order valence-electron chi connectivity index (χ4n) is 1.45. The molecule has 0 aliphatic rings.